The molecule has 0 fully saturated rings. The van der Waals surface area contributed by atoms with E-state index in [2.05, 4.69) is 17.2 Å². The summed E-state index contributed by atoms with van der Waals surface area (Å²) in [6.45, 7) is 8.92. The first-order valence-electron chi connectivity index (χ1n) is 8.26. The molecule has 0 spiro atoms. The van der Waals surface area contributed by atoms with Gasteiger partial charge in [0.15, 0.2) is 0 Å². The maximum atomic E-state index is 12.3. The zero-order valence-electron chi connectivity index (χ0n) is 15.0. The number of nitrogens with one attached hydrogen (secondary N) is 2. The minimum atomic E-state index is -0.897. The van der Waals surface area contributed by atoms with Crippen LogP contribution >= 0.6 is 0 Å². The molecule has 6 heteroatoms. The second-order valence-corrected chi connectivity index (χ2v) is 6.16. The smallest absolute Gasteiger partial charge is 0.328 e. The van der Waals surface area contributed by atoms with Crippen LogP contribution in [0.25, 0.3) is 0 Å². The first-order chi connectivity index (χ1) is 11.8. The van der Waals surface area contributed by atoms with Crippen molar-refractivity contribution in [1.82, 2.24) is 10.6 Å². The SMILES string of the molecule is C=C(C)C(=O)N[C@@H](CCC(=O)NC(C)C)C(=O)OCc1ccccc1. The van der Waals surface area contributed by atoms with Gasteiger partial charge in [-0.15, -0.1) is 0 Å². The Bertz CT molecular complexity index is 611. The Labute approximate surface area is 148 Å². The van der Waals surface area contributed by atoms with Gasteiger partial charge >= 0.3 is 5.97 Å². The Hall–Kier alpha value is -2.63. The molecule has 0 radical (unpaired) electrons. The van der Waals surface area contributed by atoms with Crippen LogP contribution in [0.5, 0.6) is 0 Å². The van der Waals surface area contributed by atoms with Crippen molar-refractivity contribution in [2.75, 3.05) is 0 Å². The van der Waals surface area contributed by atoms with E-state index in [1.165, 1.54) is 0 Å². The monoisotopic (exact) mass is 346 g/mol. The molecule has 2 N–H and O–H groups in total. The molecule has 1 atom stereocenters. The Morgan fingerprint density at radius 3 is 2.32 bits per heavy atom. The Balaban J connectivity index is 2.65. The molecule has 2 amide bonds. The fourth-order valence-electron chi connectivity index (χ4n) is 2.03. The summed E-state index contributed by atoms with van der Waals surface area (Å²) in [5.74, 6) is -1.19. The highest BCUT2D eigenvalue weighted by Gasteiger charge is 2.23. The molecule has 1 aromatic carbocycles. The van der Waals surface area contributed by atoms with Crippen LogP contribution in [-0.2, 0) is 25.7 Å². The van der Waals surface area contributed by atoms with Crippen molar-refractivity contribution < 1.29 is 19.1 Å². The average Bonchev–Trinajstić information content (AvgIpc) is 2.56. The highest BCUT2D eigenvalue weighted by atomic mass is 16.5. The third kappa shape index (κ3) is 8.15. The van der Waals surface area contributed by atoms with Crippen molar-refractivity contribution in [3.05, 3.63) is 48.0 Å². The molecule has 0 aliphatic carbocycles. The number of ether oxygens (including phenoxy) is 1. The van der Waals surface area contributed by atoms with Crippen LogP contribution in [0.1, 0.15) is 39.2 Å². The van der Waals surface area contributed by atoms with Gasteiger partial charge in [-0.1, -0.05) is 36.9 Å². The summed E-state index contributed by atoms with van der Waals surface area (Å²) in [5.41, 5.74) is 1.13. The van der Waals surface area contributed by atoms with Crippen molar-refractivity contribution in [1.29, 1.82) is 0 Å². The average molecular weight is 346 g/mol. The summed E-state index contributed by atoms with van der Waals surface area (Å²) >= 11 is 0. The molecule has 6 nitrogen and oxygen atoms in total. The summed E-state index contributed by atoms with van der Waals surface area (Å²) in [6, 6.07) is 8.36. The zero-order chi connectivity index (χ0) is 18.8. The third-order valence-electron chi connectivity index (χ3n) is 3.31. The van der Waals surface area contributed by atoms with Crippen LogP contribution in [0.15, 0.2) is 42.5 Å². The summed E-state index contributed by atoms with van der Waals surface area (Å²) in [7, 11) is 0. The van der Waals surface area contributed by atoms with E-state index in [0.717, 1.165) is 5.56 Å². The lowest BCUT2D eigenvalue weighted by Crippen LogP contribution is -2.43. The predicted molar refractivity (Wildman–Crippen MR) is 95.5 cm³/mol. The molecule has 136 valence electrons. The minimum Gasteiger partial charge on any atom is -0.459 e. The van der Waals surface area contributed by atoms with E-state index in [4.69, 9.17) is 4.74 Å². The second kappa shape index (κ2) is 10.3. The fourth-order valence-corrected chi connectivity index (χ4v) is 2.03. The lowest BCUT2D eigenvalue weighted by Gasteiger charge is -2.18. The van der Waals surface area contributed by atoms with Gasteiger partial charge in [0.2, 0.25) is 11.8 Å². The highest BCUT2D eigenvalue weighted by molar-refractivity contribution is 5.95. The molecular weight excluding hydrogens is 320 g/mol. The van der Waals surface area contributed by atoms with Crippen LogP contribution in [0.3, 0.4) is 0 Å². The van der Waals surface area contributed by atoms with E-state index < -0.39 is 17.9 Å². The Morgan fingerprint density at radius 2 is 1.76 bits per heavy atom. The Kier molecular flexibility index (Phi) is 8.39. The number of hydrogen-bond acceptors (Lipinski definition) is 4. The van der Waals surface area contributed by atoms with E-state index in [1.807, 2.05) is 44.2 Å². The molecule has 0 aliphatic heterocycles. The van der Waals surface area contributed by atoms with Crippen molar-refractivity contribution in [3.63, 3.8) is 0 Å². The Morgan fingerprint density at radius 1 is 1.12 bits per heavy atom. The van der Waals surface area contributed by atoms with E-state index in [9.17, 15) is 14.4 Å². The molecule has 1 rings (SSSR count). The van der Waals surface area contributed by atoms with Crippen molar-refractivity contribution >= 4 is 17.8 Å². The lowest BCUT2D eigenvalue weighted by atomic mass is 10.1. The van der Waals surface area contributed by atoms with Gasteiger partial charge in [-0.25, -0.2) is 4.79 Å². The minimum absolute atomic E-state index is 0.0148. The number of amides is 2. The molecule has 0 aromatic heterocycles. The van der Waals surface area contributed by atoms with Gasteiger partial charge in [0.25, 0.3) is 0 Å². The van der Waals surface area contributed by atoms with E-state index in [-0.39, 0.29) is 37.0 Å². The van der Waals surface area contributed by atoms with Crippen LogP contribution in [0.2, 0.25) is 0 Å². The van der Waals surface area contributed by atoms with Crippen molar-refractivity contribution in [3.8, 4) is 0 Å². The molecule has 1 aromatic rings. The molecular formula is C19H26N2O4. The molecule has 0 saturated heterocycles. The number of carbonyl (C=O) groups is 3. The molecule has 25 heavy (non-hydrogen) atoms. The van der Waals surface area contributed by atoms with Gasteiger partial charge in [0.05, 0.1) is 0 Å². The highest BCUT2D eigenvalue weighted by Crippen LogP contribution is 2.06. The topological polar surface area (TPSA) is 84.5 Å². The van der Waals surface area contributed by atoms with E-state index in [1.54, 1.807) is 6.92 Å². The van der Waals surface area contributed by atoms with Gasteiger partial charge in [-0.05, 0) is 32.8 Å². The van der Waals surface area contributed by atoms with Crippen molar-refractivity contribution in [2.45, 2.75) is 52.3 Å². The summed E-state index contributed by atoms with van der Waals surface area (Å²) < 4.78 is 5.27. The molecule has 0 unspecified atom stereocenters. The second-order valence-electron chi connectivity index (χ2n) is 6.16. The number of hydrogen-bond donors (Lipinski definition) is 2. The molecule has 0 saturated carbocycles. The predicted octanol–water partition coefficient (Wildman–Crippen LogP) is 2.10. The van der Waals surface area contributed by atoms with E-state index in [0.29, 0.717) is 0 Å². The van der Waals surface area contributed by atoms with Gasteiger partial charge in [-0.3, -0.25) is 9.59 Å². The normalized spacial score (nSPS) is 11.5. The van der Waals surface area contributed by atoms with Crippen LogP contribution < -0.4 is 10.6 Å². The maximum absolute atomic E-state index is 12.3. The van der Waals surface area contributed by atoms with Gasteiger partial charge < -0.3 is 15.4 Å². The molecule has 0 aliphatic rings. The summed E-state index contributed by atoms with van der Waals surface area (Å²) in [6.07, 6.45) is 0.269. The summed E-state index contributed by atoms with van der Waals surface area (Å²) in [5, 5.41) is 5.32. The van der Waals surface area contributed by atoms with Crippen LogP contribution in [0.4, 0.5) is 0 Å². The van der Waals surface area contributed by atoms with Crippen LogP contribution in [-0.4, -0.2) is 29.9 Å². The standard InChI is InChI=1S/C19H26N2O4/c1-13(2)18(23)21-16(10-11-17(22)20-14(3)4)19(24)25-12-15-8-6-5-7-9-15/h5-9,14,16H,1,10-12H2,2-4H3,(H,20,22)(H,21,23)/t16-/m0/s1. The number of esters is 1. The van der Waals surface area contributed by atoms with Crippen LogP contribution in [0, 0.1) is 0 Å². The third-order valence-corrected chi connectivity index (χ3v) is 3.31. The molecule has 0 heterocycles. The number of carbonyl (C=O) groups excluding carboxylic acids is 3. The zero-order valence-corrected chi connectivity index (χ0v) is 15.0. The fraction of sp³-hybridized carbons (Fsp3) is 0.421. The lowest BCUT2D eigenvalue weighted by molar-refractivity contribution is -0.149. The van der Waals surface area contributed by atoms with Crippen molar-refractivity contribution in [2.24, 2.45) is 0 Å². The van der Waals surface area contributed by atoms with Gasteiger partial charge in [-0.2, -0.15) is 0 Å². The van der Waals surface area contributed by atoms with Gasteiger partial charge in [0, 0.05) is 18.0 Å². The largest absolute Gasteiger partial charge is 0.459 e. The quantitative estimate of drug-likeness (QED) is 0.530. The molecule has 0 bridgehead atoms. The number of rotatable bonds is 9. The maximum Gasteiger partial charge on any atom is 0.328 e. The first kappa shape index (κ1) is 20.4. The van der Waals surface area contributed by atoms with Gasteiger partial charge in [0.1, 0.15) is 12.6 Å². The first-order valence-corrected chi connectivity index (χ1v) is 8.26. The van der Waals surface area contributed by atoms with E-state index >= 15 is 0 Å². The number of benzene rings is 1. The summed E-state index contributed by atoms with van der Waals surface area (Å²) in [4.78, 5) is 35.9.